The summed E-state index contributed by atoms with van der Waals surface area (Å²) in [6.07, 6.45) is 3.06. The van der Waals surface area contributed by atoms with E-state index in [1.165, 1.54) is 5.56 Å². The van der Waals surface area contributed by atoms with Crippen LogP contribution in [-0.4, -0.2) is 46.2 Å². The molecule has 0 spiro atoms. The van der Waals surface area contributed by atoms with E-state index < -0.39 is 0 Å². The number of aryl methyl sites for hydroxylation is 1. The number of aromatic nitrogens is 2. The van der Waals surface area contributed by atoms with E-state index in [9.17, 15) is 4.79 Å². The smallest absolute Gasteiger partial charge is 0.410 e. The van der Waals surface area contributed by atoms with Gasteiger partial charge in [0, 0.05) is 24.5 Å². The molecule has 0 radical (unpaired) electrons. The Bertz CT molecular complexity index is 724. The van der Waals surface area contributed by atoms with E-state index in [1.807, 2.05) is 19.9 Å². The number of carbonyl (C=O) groups is 1. The van der Waals surface area contributed by atoms with Gasteiger partial charge in [-0.05, 0) is 45.7 Å². The van der Waals surface area contributed by atoms with Crippen LogP contribution in [0.2, 0.25) is 0 Å². The highest BCUT2D eigenvalue weighted by atomic mass is 16.6. The van der Waals surface area contributed by atoms with Crippen molar-refractivity contribution in [1.29, 1.82) is 0 Å². The molecule has 1 aliphatic rings. The fourth-order valence-corrected chi connectivity index (χ4v) is 2.96. The molecule has 6 heteroatoms. The minimum absolute atomic E-state index is 0.0797. The molecule has 1 saturated heterocycles. The molecule has 1 fully saturated rings. The first kappa shape index (κ1) is 16.5. The molecule has 1 aromatic carbocycles. The van der Waals surface area contributed by atoms with Crippen LogP contribution < -0.4 is 5.32 Å². The summed E-state index contributed by atoms with van der Waals surface area (Å²) in [5, 5.41) is 4.56. The Hall–Kier alpha value is -2.37. The van der Waals surface area contributed by atoms with E-state index in [1.54, 1.807) is 11.2 Å². The molecule has 128 valence electrons. The van der Waals surface area contributed by atoms with Gasteiger partial charge < -0.3 is 15.0 Å². The van der Waals surface area contributed by atoms with E-state index in [-0.39, 0.29) is 12.2 Å². The number of hydrogen-bond acceptors (Lipinski definition) is 5. The van der Waals surface area contributed by atoms with Crippen LogP contribution >= 0.6 is 0 Å². The zero-order valence-corrected chi connectivity index (χ0v) is 14.5. The largest absolute Gasteiger partial charge is 0.447 e. The highest BCUT2D eigenvalue weighted by Crippen LogP contribution is 2.23. The number of carbonyl (C=O) groups excluding carboxylic acids is 1. The number of anilines is 1. The van der Waals surface area contributed by atoms with Gasteiger partial charge in [-0.3, -0.25) is 0 Å². The van der Waals surface area contributed by atoms with Crippen LogP contribution in [0.4, 0.5) is 10.6 Å². The zero-order chi connectivity index (χ0) is 17.1. The van der Waals surface area contributed by atoms with Crippen LogP contribution in [-0.2, 0) is 4.74 Å². The Morgan fingerprint density at radius 3 is 2.75 bits per heavy atom. The lowest BCUT2D eigenvalue weighted by Gasteiger charge is -2.32. The molecule has 0 unspecified atom stereocenters. The maximum Gasteiger partial charge on any atom is 0.410 e. The topological polar surface area (TPSA) is 67.4 Å². The van der Waals surface area contributed by atoms with E-state index in [2.05, 4.69) is 34.3 Å². The minimum atomic E-state index is -0.216. The second-order valence-electron chi connectivity index (χ2n) is 6.58. The van der Waals surface area contributed by atoms with Gasteiger partial charge in [-0.15, -0.1) is 0 Å². The van der Waals surface area contributed by atoms with Crippen molar-refractivity contribution in [2.75, 3.05) is 18.4 Å². The molecule has 1 aliphatic heterocycles. The molecule has 1 aromatic heterocycles. The third kappa shape index (κ3) is 3.75. The van der Waals surface area contributed by atoms with Gasteiger partial charge in [0.2, 0.25) is 0 Å². The molecule has 1 N–H and O–H groups in total. The van der Waals surface area contributed by atoms with Gasteiger partial charge in [0.15, 0.2) is 0 Å². The first-order valence-corrected chi connectivity index (χ1v) is 8.46. The molecule has 1 amide bonds. The van der Waals surface area contributed by atoms with Crippen molar-refractivity contribution in [3.63, 3.8) is 0 Å². The van der Waals surface area contributed by atoms with Crippen LogP contribution in [0.1, 0.15) is 32.3 Å². The molecular formula is C18H24N4O2. The Morgan fingerprint density at radius 2 is 2.04 bits per heavy atom. The summed E-state index contributed by atoms with van der Waals surface area (Å²) < 4.78 is 5.26. The average molecular weight is 328 g/mol. The van der Waals surface area contributed by atoms with Crippen LogP contribution in [0.25, 0.3) is 10.9 Å². The number of fused-ring (bicyclic) bond motifs is 1. The minimum Gasteiger partial charge on any atom is -0.447 e. The van der Waals surface area contributed by atoms with Crippen molar-refractivity contribution in [2.45, 2.75) is 45.8 Å². The molecule has 0 aliphatic carbocycles. The highest BCUT2D eigenvalue weighted by molar-refractivity contribution is 5.89. The second-order valence-corrected chi connectivity index (χ2v) is 6.58. The first-order valence-electron chi connectivity index (χ1n) is 8.46. The molecule has 0 saturated carbocycles. The van der Waals surface area contributed by atoms with Gasteiger partial charge in [0.25, 0.3) is 0 Å². The Kier molecular flexibility index (Phi) is 4.83. The standard InChI is InChI=1S/C18H24N4O2/c1-12(2)24-18(23)22-8-6-14(7-9-22)21-17-15-10-13(3)4-5-16(15)19-11-20-17/h4-5,10-12,14H,6-9H2,1-3H3,(H,19,20,21). The van der Waals surface area contributed by atoms with Crippen molar-refractivity contribution >= 4 is 22.8 Å². The van der Waals surface area contributed by atoms with E-state index in [0.717, 1.165) is 29.6 Å². The van der Waals surface area contributed by atoms with Gasteiger partial charge in [-0.25, -0.2) is 14.8 Å². The second kappa shape index (κ2) is 7.03. The van der Waals surface area contributed by atoms with Crippen LogP contribution in [0.15, 0.2) is 24.5 Å². The quantitative estimate of drug-likeness (QED) is 0.936. The summed E-state index contributed by atoms with van der Waals surface area (Å²) in [4.78, 5) is 22.5. The number of nitrogens with one attached hydrogen (secondary N) is 1. The molecular weight excluding hydrogens is 304 g/mol. The lowest BCUT2D eigenvalue weighted by molar-refractivity contribution is 0.0701. The van der Waals surface area contributed by atoms with E-state index >= 15 is 0 Å². The van der Waals surface area contributed by atoms with Crippen molar-refractivity contribution in [3.8, 4) is 0 Å². The molecule has 3 rings (SSSR count). The molecule has 2 heterocycles. The summed E-state index contributed by atoms with van der Waals surface area (Å²) in [5.41, 5.74) is 2.13. The van der Waals surface area contributed by atoms with Gasteiger partial charge in [-0.1, -0.05) is 11.6 Å². The summed E-state index contributed by atoms with van der Waals surface area (Å²) in [5.74, 6) is 0.868. The summed E-state index contributed by atoms with van der Waals surface area (Å²) in [6, 6.07) is 6.47. The zero-order valence-electron chi connectivity index (χ0n) is 14.5. The number of rotatable bonds is 3. The summed E-state index contributed by atoms with van der Waals surface area (Å²) in [6.45, 7) is 7.20. The fraction of sp³-hybridized carbons (Fsp3) is 0.500. The SMILES string of the molecule is Cc1ccc2ncnc(NC3CCN(C(=O)OC(C)C)CC3)c2c1. The molecule has 0 bridgehead atoms. The lowest BCUT2D eigenvalue weighted by atomic mass is 10.0. The van der Waals surface area contributed by atoms with Crippen molar-refractivity contribution in [1.82, 2.24) is 14.9 Å². The van der Waals surface area contributed by atoms with Gasteiger partial charge in [0.05, 0.1) is 11.6 Å². The predicted molar refractivity (Wildman–Crippen MR) is 94.1 cm³/mol. The molecule has 6 nitrogen and oxygen atoms in total. The van der Waals surface area contributed by atoms with E-state index in [4.69, 9.17) is 4.74 Å². The molecule has 2 aromatic rings. The Balaban J connectivity index is 1.64. The summed E-state index contributed by atoms with van der Waals surface area (Å²) >= 11 is 0. The van der Waals surface area contributed by atoms with Crippen molar-refractivity contribution < 1.29 is 9.53 Å². The monoisotopic (exact) mass is 328 g/mol. The Morgan fingerprint density at radius 1 is 1.29 bits per heavy atom. The third-order valence-corrected chi connectivity index (χ3v) is 4.22. The van der Waals surface area contributed by atoms with Crippen molar-refractivity contribution in [3.05, 3.63) is 30.1 Å². The van der Waals surface area contributed by atoms with Crippen molar-refractivity contribution in [2.24, 2.45) is 0 Å². The van der Waals surface area contributed by atoms with Crippen LogP contribution in [0.5, 0.6) is 0 Å². The molecule has 24 heavy (non-hydrogen) atoms. The van der Waals surface area contributed by atoms with Gasteiger partial charge in [-0.2, -0.15) is 0 Å². The maximum atomic E-state index is 11.9. The van der Waals surface area contributed by atoms with Crippen LogP contribution in [0, 0.1) is 6.92 Å². The van der Waals surface area contributed by atoms with E-state index in [0.29, 0.717) is 19.1 Å². The number of amides is 1. The Labute approximate surface area is 142 Å². The number of benzene rings is 1. The highest BCUT2D eigenvalue weighted by Gasteiger charge is 2.24. The third-order valence-electron chi connectivity index (χ3n) is 4.22. The lowest BCUT2D eigenvalue weighted by Crippen LogP contribution is -2.43. The first-order chi connectivity index (χ1) is 11.5. The number of hydrogen-bond donors (Lipinski definition) is 1. The molecule has 0 atom stereocenters. The number of likely N-dealkylation sites (tertiary alicyclic amines) is 1. The average Bonchev–Trinajstić information content (AvgIpc) is 2.55. The number of ether oxygens (including phenoxy) is 1. The number of piperidine rings is 1. The summed E-state index contributed by atoms with van der Waals surface area (Å²) in [7, 11) is 0. The number of nitrogens with zero attached hydrogens (tertiary/aromatic N) is 3. The fourth-order valence-electron chi connectivity index (χ4n) is 2.96. The van der Waals surface area contributed by atoms with Gasteiger partial charge >= 0.3 is 6.09 Å². The normalized spacial score (nSPS) is 15.8. The predicted octanol–water partition coefficient (Wildman–Crippen LogP) is 3.36. The van der Waals surface area contributed by atoms with Crippen LogP contribution in [0.3, 0.4) is 0 Å². The van der Waals surface area contributed by atoms with Gasteiger partial charge in [0.1, 0.15) is 12.1 Å². The maximum absolute atomic E-state index is 11.9.